The minimum atomic E-state index is -0.454. The maximum atomic E-state index is 12.9. The number of H-pyrrole nitrogens is 1. The van der Waals surface area contributed by atoms with Gasteiger partial charge in [-0.25, -0.2) is 19.3 Å². The molecule has 3 aromatic rings. The van der Waals surface area contributed by atoms with Crippen molar-refractivity contribution in [2.75, 3.05) is 5.32 Å². The summed E-state index contributed by atoms with van der Waals surface area (Å²) in [5.41, 5.74) is 3.05. The van der Waals surface area contributed by atoms with E-state index in [0.717, 1.165) is 0 Å². The molecule has 122 valence electrons. The van der Waals surface area contributed by atoms with E-state index in [2.05, 4.69) is 20.3 Å². The first-order valence-corrected chi connectivity index (χ1v) is 7.15. The van der Waals surface area contributed by atoms with Crippen LogP contribution < -0.4 is 5.32 Å². The van der Waals surface area contributed by atoms with E-state index in [-0.39, 0.29) is 11.6 Å². The molecule has 0 spiro atoms. The van der Waals surface area contributed by atoms with E-state index in [4.69, 9.17) is 0 Å². The third-order valence-electron chi connectivity index (χ3n) is 3.61. The van der Waals surface area contributed by atoms with Crippen molar-refractivity contribution in [2.45, 2.75) is 13.8 Å². The van der Waals surface area contributed by atoms with Gasteiger partial charge in [0.2, 0.25) is 5.95 Å². The van der Waals surface area contributed by atoms with Crippen LogP contribution in [0.2, 0.25) is 0 Å². The molecule has 2 N–H and O–H groups in total. The number of nitrogens with zero attached hydrogens (tertiary/aromatic N) is 3. The van der Waals surface area contributed by atoms with Gasteiger partial charge in [-0.2, -0.15) is 0 Å². The first-order chi connectivity index (χ1) is 11.5. The van der Waals surface area contributed by atoms with E-state index in [1.165, 1.54) is 12.1 Å². The highest BCUT2D eigenvalue weighted by atomic mass is 19.1. The zero-order valence-electron chi connectivity index (χ0n) is 13.0. The number of hydrogen-bond acceptors (Lipinski definition) is 5. The molecule has 0 aliphatic carbocycles. The summed E-state index contributed by atoms with van der Waals surface area (Å²) in [4.78, 5) is 21.9. The molecule has 0 bridgehead atoms. The van der Waals surface area contributed by atoms with E-state index in [1.54, 1.807) is 38.2 Å². The minimum Gasteiger partial charge on any atom is -0.358 e. The van der Waals surface area contributed by atoms with Crippen LogP contribution in [-0.4, -0.2) is 19.9 Å². The summed E-state index contributed by atoms with van der Waals surface area (Å²) in [5, 5.41) is 14.0. The zero-order valence-corrected chi connectivity index (χ0v) is 13.0. The molecule has 0 aliphatic rings. The number of halogens is 1. The van der Waals surface area contributed by atoms with Crippen LogP contribution in [0.4, 0.5) is 21.8 Å². The number of aromatic nitrogens is 3. The highest BCUT2D eigenvalue weighted by Gasteiger charge is 2.22. The van der Waals surface area contributed by atoms with Crippen LogP contribution in [0.1, 0.15) is 11.3 Å². The van der Waals surface area contributed by atoms with E-state index in [0.29, 0.717) is 34.2 Å². The first-order valence-electron chi connectivity index (χ1n) is 7.15. The monoisotopic (exact) mass is 327 g/mol. The van der Waals surface area contributed by atoms with E-state index in [9.17, 15) is 14.5 Å². The molecule has 0 fully saturated rings. The standard InChI is InChI=1S/C16H14FN5O2/c1-9-14(10(2)19-15(9)22(23)24)13-7-8-18-16(21-13)20-12-5-3-11(17)4-6-12/h3-8,19H,1-2H3,(H,18,20,21). The van der Waals surface area contributed by atoms with Gasteiger partial charge in [0, 0.05) is 11.9 Å². The second-order valence-corrected chi connectivity index (χ2v) is 5.25. The third-order valence-corrected chi connectivity index (χ3v) is 3.61. The lowest BCUT2D eigenvalue weighted by Crippen LogP contribution is -1.98. The number of hydrogen-bond donors (Lipinski definition) is 2. The maximum absolute atomic E-state index is 12.9. The van der Waals surface area contributed by atoms with Gasteiger partial charge in [-0.15, -0.1) is 0 Å². The van der Waals surface area contributed by atoms with Crippen LogP contribution in [0.15, 0.2) is 36.5 Å². The van der Waals surface area contributed by atoms with Crippen LogP contribution in [0.25, 0.3) is 11.3 Å². The van der Waals surface area contributed by atoms with Crippen LogP contribution in [0, 0.1) is 29.8 Å². The van der Waals surface area contributed by atoms with Gasteiger partial charge in [0.05, 0.1) is 16.8 Å². The number of benzene rings is 1. The Bertz CT molecular complexity index is 905. The second kappa shape index (κ2) is 6.07. The van der Waals surface area contributed by atoms with Crippen molar-refractivity contribution in [3.8, 4) is 11.3 Å². The number of nitro groups is 1. The highest BCUT2D eigenvalue weighted by molar-refractivity contribution is 5.71. The summed E-state index contributed by atoms with van der Waals surface area (Å²) in [7, 11) is 0. The van der Waals surface area contributed by atoms with Gasteiger partial charge in [0.15, 0.2) is 0 Å². The lowest BCUT2D eigenvalue weighted by molar-refractivity contribution is -0.389. The number of nitrogens with one attached hydrogen (secondary N) is 2. The molecule has 0 radical (unpaired) electrons. The molecule has 3 rings (SSSR count). The van der Waals surface area contributed by atoms with Crippen LogP contribution in [0.3, 0.4) is 0 Å². The normalized spacial score (nSPS) is 10.6. The molecule has 7 nitrogen and oxygen atoms in total. The molecule has 0 saturated heterocycles. The average Bonchev–Trinajstić information content (AvgIpc) is 2.85. The highest BCUT2D eigenvalue weighted by Crippen LogP contribution is 2.32. The van der Waals surface area contributed by atoms with Crippen molar-refractivity contribution in [3.63, 3.8) is 0 Å². The predicted octanol–water partition coefficient (Wildman–Crippen LogP) is 3.88. The molecule has 2 aromatic heterocycles. The number of aromatic amines is 1. The summed E-state index contributed by atoms with van der Waals surface area (Å²) < 4.78 is 12.9. The fourth-order valence-corrected chi connectivity index (χ4v) is 2.52. The molecule has 0 amide bonds. The minimum absolute atomic E-state index is 0.0471. The van der Waals surface area contributed by atoms with Crippen LogP contribution >= 0.6 is 0 Å². The SMILES string of the molecule is Cc1[nH]c([N+](=O)[O-])c(C)c1-c1ccnc(Nc2ccc(F)cc2)n1. The van der Waals surface area contributed by atoms with Crippen molar-refractivity contribution < 1.29 is 9.31 Å². The molecular weight excluding hydrogens is 313 g/mol. The Labute approximate surface area is 136 Å². The van der Waals surface area contributed by atoms with Crippen molar-refractivity contribution in [3.05, 3.63) is 63.7 Å². The van der Waals surface area contributed by atoms with Crippen molar-refractivity contribution in [1.82, 2.24) is 15.0 Å². The van der Waals surface area contributed by atoms with E-state index < -0.39 is 4.92 Å². The van der Waals surface area contributed by atoms with Crippen LogP contribution in [-0.2, 0) is 0 Å². The Kier molecular flexibility index (Phi) is 3.95. The van der Waals surface area contributed by atoms with E-state index >= 15 is 0 Å². The topological polar surface area (TPSA) is 96.7 Å². The van der Waals surface area contributed by atoms with Crippen molar-refractivity contribution in [2.24, 2.45) is 0 Å². The third kappa shape index (κ3) is 2.94. The Morgan fingerprint density at radius 1 is 1.21 bits per heavy atom. The van der Waals surface area contributed by atoms with E-state index in [1.807, 2.05) is 0 Å². The molecule has 0 aliphatic heterocycles. The first kappa shape index (κ1) is 15.6. The molecule has 0 saturated carbocycles. The van der Waals surface area contributed by atoms with Gasteiger partial charge >= 0.3 is 5.82 Å². The molecule has 2 heterocycles. The van der Waals surface area contributed by atoms with Gasteiger partial charge in [0.25, 0.3) is 0 Å². The average molecular weight is 327 g/mol. The summed E-state index contributed by atoms with van der Waals surface area (Å²) >= 11 is 0. The Morgan fingerprint density at radius 3 is 2.54 bits per heavy atom. The summed E-state index contributed by atoms with van der Waals surface area (Å²) in [6.45, 7) is 3.43. The Balaban J connectivity index is 1.96. The van der Waals surface area contributed by atoms with Gasteiger partial charge in [-0.05, 0) is 49.1 Å². The molecule has 1 aromatic carbocycles. The Morgan fingerprint density at radius 2 is 1.92 bits per heavy atom. The lowest BCUT2D eigenvalue weighted by atomic mass is 10.1. The van der Waals surface area contributed by atoms with Crippen molar-refractivity contribution >= 4 is 17.5 Å². The fourth-order valence-electron chi connectivity index (χ4n) is 2.52. The summed E-state index contributed by atoms with van der Waals surface area (Å²) in [6.07, 6.45) is 1.56. The van der Waals surface area contributed by atoms with Gasteiger partial charge in [-0.1, -0.05) is 0 Å². The fraction of sp³-hybridized carbons (Fsp3) is 0.125. The van der Waals surface area contributed by atoms with Crippen molar-refractivity contribution in [1.29, 1.82) is 0 Å². The van der Waals surface area contributed by atoms with Gasteiger partial charge in [-0.3, -0.25) is 0 Å². The molecule has 0 unspecified atom stereocenters. The lowest BCUT2D eigenvalue weighted by Gasteiger charge is -2.06. The molecule has 24 heavy (non-hydrogen) atoms. The zero-order chi connectivity index (χ0) is 17.3. The smallest absolute Gasteiger partial charge is 0.324 e. The second-order valence-electron chi connectivity index (χ2n) is 5.25. The summed E-state index contributed by atoms with van der Waals surface area (Å²) in [6, 6.07) is 7.49. The predicted molar refractivity (Wildman–Crippen MR) is 87.6 cm³/mol. The number of rotatable bonds is 4. The maximum Gasteiger partial charge on any atom is 0.324 e. The molecule has 0 atom stereocenters. The number of aryl methyl sites for hydroxylation is 1. The quantitative estimate of drug-likeness (QED) is 0.560. The van der Waals surface area contributed by atoms with Gasteiger partial charge in [0.1, 0.15) is 11.5 Å². The van der Waals surface area contributed by atoms with Gasteiger partial charge < -0.3 is 15.4 Å². The number of anilines is 2. The summed E-state index contributed by atoms with van der Waals surface area (Å²) in [5.74, 6) is -0.0583. The molecule has 8 heteroatoms. The Hall–Kier alpha value is -3.29. The molecular formula is C16H14FN5O2. The van der Waals surface area contributed by atoms with Crippen LogP contribution in [0.5, 0.6) is 0 Å². The largest absolute Gasteiger partial charge is 0.358 e.